The first-order valence-electron chi connectivity index (χ1n) is 12.5. The number of benzene rings is 1. The van der Waals surface area contributed by atoms with Gasteiger partial charge in [-0.1, -0.05) is 11.6 Å². The fourth-order valence-corrected chi connectivity index (χ4v) is 4.45. The first kappa shape index (κ1) is 29.6. The zero-order valence-electron chi connectivity index (χ0n) is 21.4. The van der Waals surface area contributed by atoms with Crippen LogP contribution in [0, 0.1) is 0 Å². The summed E-state index contributed by atoms with van der Waals surface area (Å²) in [4.78, 5) is 11.9. The molecule has 1 aromatic carbocycles. The van der Waals surface area contributed by atoms with Crippen molar-refractivity contribution in [3.8, 4) is 5.75 Å². The Morgan fingerprint density at radius 1 is 0.846 bits per heavy atom. The SMILES string of the molecule is CC(C)=CCc1c(O[C@H]2O[C@H](CO[C@H]3O[C@H](CO)[C@@H](O)[C@H](O)[C@H]3O)[C@@H](O)[C@H](O)[C@H]2O)ccc2ccc(=O)oc12. The van der Waals surface area contributed by atoms with Crippen LogP contribution in [0.15, 0.2) is 45.1 Å². The van der Waals surface area contributed by atoms with Gasteiger partial charge in [-0.3, -0.25) is 0 Å². The van der Waals surface area contributed by atoms with E-state index in [2.05, 4.69) is 0 Å². The van der Waals surface area contributed by atoms with E-state index in [1.807, 2.05) is 19.9 Å². The lowest BCUT2D eigenvalue weighted by molar-refractivity contribution is -0.323. The first-order chi connectivity index (χ1) is 18.5. The highest BCUT2D eigenvalue weighted by atomic mass is 16.7. The van der Waals surface area contributed by atoms with Crippen molar-refractivity contribution in [2.45, 2.75) is 81.7 Å². The summed E-state index contributed by atoms with van der Waals surface area (Å²) in [6.45, 7) is 2.64. The lowest BCUT2D eigenvalue weighted by Crippen LogP contribution is -2.62. The molecule has 1 aromatic heterocycles. The molecule has 13 nitrogen and oxygen atoms in total. The van der Waals surface area contributed by atoms with Gasteiger partial charge < -0.3 is 59.1 Å². The maximum absolute atomic E-state index is 11.9. The van der Waals surface area contributed by atoms with Crippen molar-refractivity contribution >= 4 is 11.0 Å². The molecule has 2 aliphatic rings. The molecule has 13 heteroatoms. The van der Waals surface area contributed by atoms with Crippen molar-refractivity contribution < 1.29 is 59.1 Å². The molecule has 216 valence electrons. The molecule has 0 aliphatic carbocycles. The van der Waals surface area contributed by atoms with Crippen molar-refractivity contribution in [3.05, 3.63) is 51.9 Å². The minimum absolute atomic E-state index is 0.204. The molecular weight excluding hydrogens is 520 g/mol. The number of allylic oxidation sites excluding steroid dienone is 2. The van der Waals surface area contributed by atoms with Crippen LogP contribution in [0.5, 0.6) is 5.75 Å². The van der Waals surface area contributed by atoms with E-state index < -0.39 is 80.3 Å². The van der Waals surface area contributed by atoms with E-state index >= 15 is 0 Å². The highest BCUT2D eigenvalue weighted by molar-refractivity contribution is 5.82. The van der Waals surface area contributed by atoms with Gasteiger partial charge in [-0.2, -0.15) is 0 Å². The zero-order valence-corrected chi connectivity index (χ0v) is 21.4. The van der Waals surface area contributed by atoms with Crippen LogP contribution in [0.3, 0.4) is 0 Å². The van der Waals surface area contributed by atoms with Crippen molar-refractivity contribution in [1.82, 2.24) is 0 Å². The molecule has 0 unspecified atom stereocenters. The summed E-state index contributed by atoms with van der Waals surface area (Å²) < 4.78 is 27.8. The third kappa shape index (κ3) is 6.33. The molecule has 0 saturated carbocycles. The number of fused-ring (bicyclic) bond motifs is 1. The Balaban J connectivity index is 1.54. The van der Waals surface area contributed by atoms with Gasteiger partial charge in [0, 0.05) is 17.0 Å². The van der Waals surface area contributed by atoms with Crippen LogP contribution < -0.4 is 10.4 Å². The van der Waals surface area contributed by atoms with Crippen LogP contribution in [0.25, 0.3) is 11.0 Å². The van der Waals surface area contributed by atoms with E-state index in [9.17, 15) is 40.5 Å². The summed E-state index contributed by atoms with van der Waals surface area (Å²) in [5, 5.41) is 71.7. The standard InChI is InChI=1S/C26H34O13/c1-11(2)3-6-13-14(7-4-12-5-8-17(28)39-24(12)13)36-26-23(34)21(32)19(30)16(38-26)10-35-25-22(33)20(31)18(29)15(9-27)37-25/h3-5,7-8,15-16,18-23,25-27,29-34H,6,9-10H2,1-2H3/t15-,16-,18-,19-,20+,21+,22-,23-,25+,26+/m1/s1. The predicted octanol–water partition coefficient (Wildman–Crippen LogP) is -1.70. The maximum Gasteiger partial charge on any atom is 0.336 e. The second-order valence-electron chi connectivity index (χ2n) is 9.86. The monoisotopic (exact) mass is 554 g/mol. The normalized spacial score (nSPS) is 35.1. The smallest absolute Gasteiger partial charge is 0.336 e. The van der Waals surface area contributed by atoms with E-state index in [-0.39, 0.29) is 11.3 Å². The molecule has 0 amide bonds. The fraction of sp³-hybridized carbons (Fsp3) is 0.577. The molecule has 2 fully saturated rings. The molecule has 0 spiro atoms. The summed E-state index contributed by atoms with van der Waals surface area (Å²) >= 11 is 0. The largest absolute Gasteiger partial charge is 0.462 e. The molecular formula is C26H34O13. The number of aliphatic hydroxyl groups is 7. The van der Waals surface area contributed by atoms with Gasteiger partial charge in [0.25, 0.3) is 0 Å². The molecule has 10 atom stereocenters. The molecule has 7 N–H and O–H groups in total. The van der Waals surface area contributed by atoms with E-state index in [1.54, 1.807) is 18.2 Å². The number of hydrogen-bond acceptors (Lipinski definition) is 13. The van der Waals surface area contributed by atoms with Crippen molar-refractivity contribution in [2.24, 2.45) is 0 Å². The maximum atomic E-state index is 11.9. The van der Waals surface area contributed by atoms with Crippen molar-refractivity contribution in [2.75, 3.05) is 13.2 Å². The summed E-state index contributed by atoms with van der Waals surface area (Å²) in [6.07, 6.45) is -13.3. The van der Waals surface area contributed by atoms with Crippen LogP contribution >= 0.6 is 0 Å². The Kier molecular flexibility index (Phi) is 9.39. The molecule has 4 rings (SSSR count). The Bertz CT molecular complexity index is 1210. The summed E-state index contributed by atoms with van der Waals surface area (Å²) in [5.74, 6) is 0.204. The summed E-state index contributed by atoms with van der Waals surface area (Å²) in [6, 6.07) is 6.15. The molecule has 39 heavy (non-hydrogen) atoms. The average molecular weight is 555 g/mol. The Morgan fingerprint density at radius 3 is 2.13 bits per heavy atom. The van der Waals surface area contributed by atoms with Gasteiger partial charge in [0.1, 0.15) is 60.2 Å². The highest BCUT2D eigenvalue weighted by Gasteiger charge is 2.48. The lowest BCUT2D eigenvalue weighted by atomic mass is 9.98. The topological polar surface area (TPSA) is 209 Å². The third-order valence-electron chi connectivity index (χ3n) is 6.75. The third-order valence-corrected chi connectivity index (χ3v) is 6.75. The van der Waals surface area contributed by atoms with Gasteiger partial charge in [-0.25, -0.2) is 4.79 Å². The minimum atomic E-state index is -1.72. The molecule has 0 radical (unpaired) electrons. The molecule has 3 heterocycles. The minimum Gasteiger partial charge on any atom is -0.462 e. The highest BCUT2D eigenvalue weighted by Crippen LogP contribution is 2.32. The van der Waals surface area contributed by atoms with Gasteiger partial charge >= 0.3 is 5.63 Å². The molecule has 2 aliphatic heterocycles. The van der Waals surface area contributed by atoms with Gasteiger partial charge in [-0.05, 0) is 38.5 Å². The number of ether oxygens (including phenoxy) is 4. The molecule has 0 bridgehead atoms. The van der Waals surface area contributed by atoms with Crippen LogP contribution in [-0.2, 0) is 20.6 Å². The van der Waals surface area contributed by atoms with Crippen molar-refractivity contribution in [1.29, 1.82) is 0 Å². The lowest BCUT2D eigenvalue weighted by Gasteiger charge is -2.42. The average Bonchev–Trinajstić information content (AvgIpc) is 2.91. The van der Waals surface area contributed by atoms with Crippen LogP contribution in [-0.4, -0.2) is 110 Å². The van der Waals surface area contributed by atoms with E-state index in [0.717, 1.165) is 5.57 Å². The number of aliphatic hydroxyl groups excluding tert-OH is 7. The summed E-state index contributed by atoms with van der Waals surface area (Å²) in [7, 11) is 0. The van der Waals surface area contributed by atoms with Gasteiger partial charge in [0.2, 0.25) is 6.29 Å². The van der Waals surface area contributed by atoms with Gasteiger partial charge in [0.15, 0.2) is 6.29 Å². The summed E-state index contributed by atoms with van der Waals surface area (Å²) in [5.41, 5.74) is 1.22. The van der Waals surface area contributed by atoms with E-state index in [4.69, 9.17) is 23.4 Å². The molecule has 2 saturated heterocycles. The van der Waals surface area contributed by atoms with Crippen LogP contribution in [0.2, 0.25) is 0 Å². The Morgan fingerprint density at radius 2 is 1.46 bits per heavy atom. The second kappa shape index (κ2) is 12.4. The van der Waals surface area contributed by atoms with Crippen LogP contribution in [0.1, 0.15) is 19.4 Å². The second-order valence-corrected chi connectivity index (χ2v) is 9.86. The number of hydrogen-bond donors (Lipinski definition) is 7. The van der Waals surface area contributed by atoms with Gasteiger partial charge in [0.05, 0.1) is 13.2 Å². The zero-order chi connectivity index (χ0) is 28.4. The Hall–Kier alpha value is -2.43. The van der Waals surface area contributed by atoms with E-state index in [0.29, 0.717) is 17.4 Å². The first-order valence-corrected chi connectivity index (χ1v) is 12.5. The Labute approximate surface area is 223 Å². The van der Waals surface area contributed by atoms with Gasteiger partial charge in [-0.15, -0.1) is 0 Å². The molecule has 2 aromatic rings. The van der Waals surface area contributed by atoms with E-state index in [1.165, 1.54) is 6.07 Å². The van der Waals surface area contributed by atoms with Crippen molar-refractivity contribution in [3.63, 3.8) is 0 Å². The predicted molar refractivity (Wildman–Crippen MR) is 133 cm³/mol. The quantitative estimate of drug-likeness (QED) is 0.144. The van der Waals surface area contributed by atoms with Crippen LogP contribution in [0.4, 0.5) is 0 Å². The number of rotatable bonds is 8. The fourth-order valence-electron chi connectivity index (χ4n) is 4.45.